The Labute approximate surface area is 109 Å². The topological polar surface area (TPSA) is 67.1 Å². The molecule has 0 spiro atoms. The van der Waals surface area contributed by atoms with Crippen molar-refractivity contribution in [2.45, 2.75) is 13.5 Å². The summed E-state index contributed by atoms with van der Waals surface area (Å²) in [5.74, 6) is 5.12. The van der Waals surface area contributed by atoms with Crippen LogP contribution in [0.2, 0.25) is 0 Å². The molecule has 1 aromatic carbocycles. The van der Waals surface area contributed by atoms with Gasteiger partial charge in [-0.05, 0) is 19.1 Å². The minimum absolute atomic E-state index is 0.246. The molecule has 0 bridgehead atoms. The minimum Gasteiger partial charge on any atom is -0.363 e. The molecule has 5 nitrogen and oxygen atoms in total. The summed E-state index contributed by atoms with van der Waals surface area (Å²) in [7, 11) is 0. The fourth-order valence-electron chi connectivity index (χ4n) is 1.68. The number of hydrogen-bond acceptors (Lipinski definition) is 6. The Morgan fingerprint density at radius 2 is 2.22 bits per heavy atom. The molecule has 0 fully saturated rings. The third-order valence-electron chi connectivity index (χ3n) is 2.60. The van der Waals surface area contributed by atoms with Crippen molar-refractivity contribution in [3.05, 3.63) is 35.8 Å². The van der Waals surface area contributed by atoms with Gasteiger partial charge < -0.3 is 10.3 Å². The van der Waals surface area contributed by atoms with Crippen molar-refractivity contribution in [3.8, 4) is 0 Å². The molecule has 96 valence electrons. The Bertz CT molecular complexity index is 516. The van der Waals surface area contributed by atoms with E-state index in [0.717, 1.165) is 0 Å². The highest BCUT2D eigenvalue weighted by molar-refractivity contribution is 7.10. The van der Waals surface area contributed by atoms with E-state index in [2.05, 4.69) is 15.0 Å². The van der Waals surface area contributed by atoms with E-state index in [1.165, 1.54) is 17.6 Å². The van der Waals surface area contributed by atoms with Crippen molar-refractivity contribution in [3.63, 3.8) is 0 Å². The number of anilines is 2. The van der Waals surface area contributed by atoms with Crippen LogP contribution in [0.1, 0.15) is 12.6 Å². The summed E-state index contributed by atoms with van der Waals surface area (Å²) in [5, 5.41) is 4.69. The lowest BCUT2D eigenvalue weighted by Gasteiger charge is -2.22. The zero-order valence-corrected chi connectivity index (χ0v) is 10.7. The normalized spacial score (nSPS) is 10.4. The summed E-state index contributed by atoms with van der Waals surface area (Å²) in [5.41, 5.74) is 3.81. The van der Waals surface area contributed by atoms with Crippen molar-refractivity contribution in [2.24, 2.45) is 5.84 Å². The van der Waals surface area contributed by atoms with Gasteiger partial charge in [-0.3, -0.25) is 0 Å². The molecule has 18 heavy (non-hydrogen) atoms. The molecule has 1 heterocycles. The first-order chi connectivity index (χ1) is 8.76. The summed E-state index contributed by atoms with van der Waals surface area (Å²) >= 11 is 1.18. The fourth-order valence-corrected chi connectivity index (χ4v) is 2.16. The first-order valence-corrected chi connectivity index (χ1v) is 6.31. The number of benzene rings is 1. The number of rotatable bonds is 5. The molecule has 1 aromatic heterocycles. The summed E-state index contributed by atoms with van der Waals surface area (Å²) in [6.45, 7) is 3.09. The molecule has 0 aliphatic carbocycles. The highest BCUT2D eigenvalue weighted by Gasteiger charge is 2.14. The van der Waals surface area contributed by atoms with Crippen LogP contribution in [0.25, 0.3) is 0 Å². The number of hydrazine groups is 1. The first-order valence-electron chi connectivity index (χ1n) is 5.53. The van der Waals surface area contributed by atoms with E-state index in [4.69, 9.17) is 5.84 Å². The van der Waals surface area contributed by atoms with Gasteiger partial charge in [0.25, 0.3) is 0 Å². The van der Waals surface area contributed by atoms with Gasteiger partial charge in [0.2, 0.25) is 0 Å². The zero-order chi connectivity index (χ0) is 13.0. The molecule has 0 amide bonds. The maximum atomic E-state index is 13.7. The average Bonchev–Trinajstić information content (AvgIpc) is 2.84. The number of nitrogens with one attached hydrogen (secondary N) is 1. The van der Waals surface area contributed by atoms with Crippen LogP contribution < -0.4 is 16.2 Å². The Kier molecular flexibility index (Phi) is 4.06. The number of nitrogens with zero attached hydrogens (tertiary/aromatic N) is 3. The molecular weight excluding hydrogens is 253 g/mol. The van der Waals surface area contributed by atoms with Gasteiger partial charge in [0.05, 0.1) is 12.2 Å². The van der Waals surface area contributed by atoms with Gasteiger partial charge in [-0.25, -0.2) is 10.2 Å². The van der Waals surface area contributed by atoms with E-state index in [9.17, 15) is 4.39 Å². The van der Waals surface area contributed by atoms with E-state index in [1.54, 1.807) is 12.1 Å². The second-order valence-corrected chi connectivity index (χ2v) is 4.41. The molecule has 0 atom stereocenters. The maximum absolute atomic E-state index is 13.7. The van der Waals surface area contributed by atoms with E-state index < -0.39 is 0 Å². The Morgan fingerprint density at radius 1 is 1.44 bits per heavy atom. The number of nitrogens with two attached hydrogens (primary N) is 1. The minimum atomic E-state index is -0.246. The lowest BCUT2D eigenvalue weighted by molar-refractivity contribution is 0.617. The van der Waals surface area contributed by atoms with Crippen molar-refractivity contribution in [2.75, 3.05) is 16.9 Å². The average molecular weight is 267 g/mol. The van der Waals surface area contributed by atoms with E-state index in [1.807, 2.05) is 17.9 Å². The van der Waals surface area contributed by atoms with Crippen LogP contribution in [0.5, 0.6) is 0 Å². The third-order valence-corrected chi connectivity index (χ3v) is 3.30. The SMILES string of the molecule is CCN(Cc1nnsc1NN)c1ccccc1F. The standard InChI is InChI=1S/C11H14FN5S/c1-2-17(10-6-4-3-5-8(10)12)7-9-11(14-13)18-16-15-9/h3-6,14H,2,7,13H2,1H3. The number of para-hydroxylation sites is 1. The maximum Gasteiger partial charge on any atom is 0.149 e. The Balaban J connectivity index is 2.23. The molecule has 0 aliphatic rings. The van der Waals surface area contributed by atoms with Crippen LogP contribution in [0, 0.1) is 5.82 Å². The number of halogens is 1. The van der Waals surface area contributed by atoms with Crippen LogP contribution >= 0.6 is 11.5 Å². The number of hydrogen-bond donors (Lipinski definition) is 2. The van der Waals surface area contributed by atoms with E-state index in [0.29, 0.717) is 29.5 Å². The second-order valence-electron chi connectivity index (χ2n) is 3.66. The summed E-state index contributed by atoms with van der Waals surface area (Å²) in [6.07, 6.45) is 0. The predicted octanol–water partition coefficient (Wildman–Crippen LogP) is 1.99. The van der Waals surface area contributed by atoms with Crippen molar-refractivity contribution in [1.82, 2.24) is 9.59 Å². The Morgan fingerprint density at radius 3 is 2.89 bits per heavy atom. The quantitative estimate of drug-likeness (QED) is 0.640. The van der Waals surface area contributed by atoms with Gasteiger partial charge in [-0.1, -0.05) is 16.6 Å². The molecule has 3 N–H and O–H groups in total. The molecule has 0 saturated carbocycles. The third kappa shape index (κ3) is 2.57. The smallest absolute Gasteiger partial charge is 0.149 e. The lowest BCUT2D eigenvalue weighted by atomic mass is 10.2. The monoisotopic (exact) mass is 267 g/mol. The number of nitrogen functional groups attached to an aromatic ring is 1. The molecule has 0 aliphatic heterocycles. The predicted molar refractivity (Wildman–Crippen MR) is 70.8 cm³/mol. The fraction of sp³-hybridized carbons (Fsp3) is 0.273. The lowest BCUT2D eigenvalue weighted by Crippen LogP contribution is -2.24. The zero-order valence-electron chi connectivity index (χ0n) is 9.93. The molecule has 0 radical (unpaired) electrons. The van der Waals surface area contributed by atoms with Crippen LogP contribution in [0.15, 0.2) is 24.3 Å². The molecule has 2 rings (SSSR count). The van der Waals surface area contributed by atoms with Gasteiger partial charge in [0.1, 0.15) is 16.5 Å². The highest BCUT2D eigenvalue weighted by Crippen LogP contribution is 2.23. The molecule has 2 aromatic rings. The van der Waals surface area contributed by atoms with Crippen LogP contribution in [0.4, 0.5) is 15.1 Å². The van der Waals surface area contributed by atoms with E-state index >= 15 is 0 Å². The first kappa shape index (κ1) is 12.7. The summed E-state index contributed by atoms with van der Waals surface area (Å²) < 4.78 is 17.5. The molecule has 0 saturated heterocycles. The summed E-state index contributed by atoms with van der Waals surface area (Å²) in [4.78, 5) is 1.88. The number of aromatic nitrogens is 2. The molecule has 0 unspecified atom stereocenters. The van der Waals surface area contributed by atoms with Crippen molar-refractivity contribution >= 4 is 22.2 Å². The van der Waals surface area contributed by atoms with Crippen LogP contribution in [0.3, 0.4) is 0 Å². The van der Waals surface area contributed by atoms with Gasteiger partial charge in [0.15, 0.2) is 0 Å². The van der Waals surface area contributed by atoms with Crippen LogP contribution in [-0.2, 0) is 6.54 Å². The Hall–Kier alpha value is -1.73. The largest absolute Gasteiger partial charge is 0.363 e. The van der Waals surface area contributed by atoms with Crippen molar-refractivity contribution in [1.29, 1.82) is 0 Å². The van der Waals surface area contributed by atoms with Gasteiger partial charge in [0, 0.05) is 18.1 Å². The molecular formula is C11H14FN5S. The second kappa shape index (κ2) is 5.74. The van der Waals surface area contributed by atoms with Crippen LogP contribution in [-0.4, -0.2) is 16.1 Å². The van der Waals surface area contributed by atoms with Gasteiger partial charge in [-0.15, -0.1) is 5.10 Å². The van der Waals surface area contributed by atoms with Gasteiger partial charge in [-0.2, -0.15) is 0 Å². The molecule has 7 heteroatoms. The van der Waals surface area contributed by atoms with E-state index in [-0.39, 0.29) is 5.82 Å². The van der Waals surface area contributed by atoms with Crippen molar-refractivity contribution < 1.29 is 4.39 Å². The highest BCUT2D eigenvalue weighted by atomic mass is 32.1. The summed E-state index contributed by atoms with van der Waals surface area (Å²) in [6, 6.07) is 6.67. The van der Waals surface area contributed by atoms with Gasteiger partial charge >= 0.3 is 0 Å².